The monoisotopic (exact) mass is 380 g/mol. The zero-order valence-corrected chi connectivity index (χ0v) is 14.8. The average molecular weight is 382 g/mol. The van der Waals surface area contributed by atoms with Gasteiger partial charge in [-0.2, -0.15) is 0 Å². The lowest BCUT2D eigenvalue weighted by Crippen LogP contribution is -2.39. The number of carbonyl (C=O) groups is 1. The molecule has 0 aromatic heterocycles. The summed E-state index contributed by atoms with van der Waals surface area (Å²) in [5, 5.41) is 6.86. The molecule has 1 amide bonds. The van der Waals surface area contributed by atoms with E-state index >= 15 is 0 Å². The molecule has 2 rings (SSSR count). The molecule has 0 unspecified atom stereocenters. The van der Waals surface area contributed by atoms with Gasteiger partial charge in [0.25, 0.3) is 0 Å². The maximum atomic E-state index is 12.2. The number of nitrogens with one attached hydrogen (secondary N) is 2. The van der Waals surface area contributed by atoms with E-state index in [1.165, 1.54) is 0 Å². The summed E-state index contributed by atoms with van der Waals surface area (Å²) in [5.41, 5.74) is 1.83. The van der Waals surface area contributed by atoms with Crippen LogP contribution in [0.3, 0.4) is 0 Å². The Balaban J connectivity index is 1.94. The molecule has 2 aromatic carbocycles. The zero-order valence-electron chi connectivity index (χ0n) is 12.4. The van der Waals surface area contributed by atoms with Crippen LogP contribution >= 0.6 is 27.5 Å². The fourth-order valence-electron chi connectivity index (χ4n) is 2.11. The van der Waals surface area contributed by atoms with Crippen LogP contribution in [0.25, 0.3) is 0 Å². The van der Waals surface area contributed by atoms with Crippen molar-refractivity contribution in [3.8, 4) is 0 Å². The SMILES string of the molecule is C[C@H](N[C@H](C)C(=O)Nc1ccc(Br)cc1)c1cccc(Cl)c1. The van der Waals surface area contributed by atoms with Crippen molar-refractivity contribution in [1.29, 1.82) is 0 Å². The number of amides is 1. The van der Waals surface area contributed by atoms with Gasteiger partial charge in [-0.25, -0.2) is 0 Å². The predicted molar refractivity (Wildman–Crippen MR) is 95.2 cm³/mol. The van der Waals surface area contributed by atoms with E-state index in [1.807, 2.05) is 62.4 Å². The third kappa shape index (κ3) is 4.83. The van der Waals surface area contributed by atoms with E-state index in [0.29, 0.717) is 5.02 Å². The van der Waals surface area contributed by atoms with E-state index in [4.69, 9.17) is 11.6 Å². The minimum absolute atomic E-state index is 0.0318. The maximum Gasteiger partial charge on any atom is 0.241 e. The van der Waals surface area contributed by atoms with Crippen LogP contribution in [0, 0.1) is 0 Å². The van der Waals surface area contributed by atoms with Gasteiger partial charge in [-0.15, -0.1) is 0 Å². The molecular weight excluding hydrogens is 364 g/mol. The molecule has 116 valence electrons. The van der Waals surface area contributed by atoms with E-state index < -0.39 is 0 Å². The Hall–Kier alpha value is -1.36. The Morgan fingerprint density at radius 3 is 2.45 bits per heavy atom. The summed E-state index contributed by atoms with van der Waals surface area (Å²) < 4.78 is 0.978. The van der Waals surface area contributed by atoms with Crippen LogP contribution < -0.4 is 10.6 Å². The Morgan fingerprint density at radius 2 is 1.82 bits per heavy atom. The van der Waals surface area contributed by atoms with Crippen molar-refractivity contribution in [2.24, 2.45) is 0 Å². The lowest BCUT2D eigenvalue weighted by atomic mass is 10.1. The molecule has 0 fully saturated rings. The number of hydrogen-bond acceptors (Lipinski definition) is 2. The lowest BCUT2D eigenvalue weighted by Gasteiger charge is -2.20. The summed E-state index contributed by atoms with van der Waals surface area (Å²) in [6, 6.07) is 14.8. The van der Waals surface area contributed by atoms with E-state index in [1.54, 1.807) is 0 Å². The number of anilines is 1. The van der Waals surface area contributed by atoms with Crippen LogP contribution in [0.15, 0.2) is 53.0 Å². The molecule has 2 aromatic rings. The first-order chi connectivity index (χ1) is 10.5. The lowest BCUT2D eigenvalue weighted by molar-refractivity contribution is -0.117. The molecular formula is C17H18BrClN2O. The smallest absolute Gasteiger partial charge is 0.241 e. The highest BCUT2D eigenvalue weighted by Gasteiger charge is 2.16. The summed E-state index contributed by atoms with van der Waals surface area (Å²) in [7, 11) is 0. The molecule has 0 saturated heterocycles. The number of benzene rings is 2. The van der Waals surface area contributed by atoms with Gasteiger partial charge < -0.3 is 5.32 Å². The molecule has 0 aliphatic heterocycles. The van der Waals surface area contributed by atoms with Crippen LogP contribution in [0.4, 0.5) is 5.69 Å². The quantitative estimate of drug-likeness (QED) is 0.782. The largest absolute Gasteiger partial charge is 0.325 e. The second-order valence-electron chi connectivity index (χ2n) is 5.16. The zero-order chi connectivity index (χ0) is 16.1. The second-order valence-corrected chi connectivity index (χ2v) is 6.51. The molecule has 0 aliphatic carbocycles. The summed E-state index contributed by atoms with van der Waals surface area (Å²) in [6.07, 6.45) is 0. The Morgan fingerprint density at radius 1 is 1.14 bits per heavy atom. The predicted octanol–water partition coefficient (Wildman–Crippen LogP) is 4.78. The highest BCUT2D eigenvalue weighted by Crippen LogP contribution is 2.18. The van der Waals surface area contributed by atoms with Crippen LogP contribution in [-0.4, -0.2) is 11.9 Å². The van der Waals surface area contributed by atoms with Gasteiger partial charge in [0.1, 0.15) is 0 Å². The minimum Gasteiger partial charge on any atom is -0.325 e. The van der Waals surface area contributed by atoms with Crippen molar-refractivity contribution >= 4 is 39.1 Å². The normalized spacial score (nSPS) is 13.5. The fourth-order valence-corrected chi connectivity index (χ4v) is 2.57. The summed E-state index contributed by atoms with van der Waals surface area (Å²) in [5.74, 6) is -0.0730. The van der Waals surface area contributed by atoms with Gasteiger partial charge in [-0.3, -0.25) is 10.1 Å². The molecule has 0 saturated carbocycles. The van der Waals surface area contributed by atoms with Crippen LogP contribution in [0.5, 0.6) is 0 Å². The van der Waals surface area contributed by atoms with Crippen LogP contribution in [0.1, 0.15) is 25.5 Å². The average Bonchev–Trinajstić information content (AvgIpc) is 2.49. The number of halogens is 2. The van der Waals surface area contributed by atoms with Gasteiger partial charge in [-0.1, -0.05) is 39.7 Å². The molecule has 2 atom stereocenters. The minimum atomic E-state index is -0.322. The van der Waals surface area contributed by atoms with Gasteiger partial charge in [-0.05, 0) is 55.8 Å². The first-order valence-electron chi connectivity index (χ1n) is 7.03. The number of hydrogen-bond donors (Lipinski definition) is 2. The summed E-state index contributed by atoms with van der Waals surface area (Å²) in [6.45, 7) is 3.85. The van der Waals surface area contributed by atoms with Gasteiger partial charge in [0.05, 0.1) is 6.04 Å². The van der Waals surface area contributed by atoms with Crippen molar-refractivity contribution in [1.82, 2.24) is 5.32 Å². The molecule has 3 nitrogen and oxygen atoms in total. The Kier molecular flexibility index (Phi) is 6.00. The van der Waals surface area contributed by atoms with E-state index in [9.17, 15) is 4.79 Å². The van der Waals surface area contributed by atoms with Crippen molar-refractivity contribution in [2.45, 2.75) is 25.9 Å². The highest BCUT2D eigenvalue weighted by molar-refractivity contribution is 9.10. The van der Waals surface area contributed by atoms with E-state index in [0.717, 1.165) is 15.7 Å². The standard InChI is InChI=1S/C17H18BrClN2O/c1-11(13-4-3-5-15(19)10-13)20-12(2)17(22)21-16-8-6-14(18)7-9-16/h3-12,20H,1-2H3,(H,21,22)/t11-,12+/m0/s1. The number of rotatable bonds is 5. The van der Waals surface area contributed by atoms with E-state index in [-0.39, 0.29) is 18.0 Å². The maximum absolute atomic E-state index is 12.2. The molecule has 0 spiro atoms. The summed E-state index contributed by atoms with van der Waals surface area (Å²) in [4.78, 5) is 12.2. The molecule has 2 N–H and O–H groups in total. The third-order valence-electron chi connectivity index (χ3n) is 3.35. The first kappa shape index (κ1) is 17.0. The van der Waals surface area contributed by atoms with Gasteiger partial charge in [0, 0.05) is 21.2 Å². The third-order valence-corrected chi connectivity index (χ3v) is 4.12. The Bertz CT molecular complexity index is 645. The molecule has 0 aliphatic rings. The van der Waals surface area contributed by atoms with Gasteiger partial charge >= 0.3 is 0 Å². The van der Waals surface area contributed by atoms with Gasteiger partial charge in [0.2, 0.25) is 5.91 Å². The molecule has 0 heterocycles. The van der Waals surface area contributed by atoms with Crippen molar-refractivity contribution in [2.75, 3.05) is 5.32 Å². The topological polar surface area (TPSA) is 41.1 Å². The summed E-state index contributed by atoms with van der Waals surface area (Å²) >= 11 is 9.37. The van der Waals surface area contributed by atoms with Crippen LogP contribution in [-0.2, 0) is 4.79 Å². The molecule has 22 heavy (non-hydrogen) atoms. The molecule has 0 bridgehead atoms. The van der Waals surface area contributed by atoms with Crippen molar-refractivity contribution in [3.05, 3.63) is 63.6 Å². The van der Waals surface area contributed by atoms with Crippen molar-refractivity contribution < 1.29 is 4.79 Å². The molecule has 0 radical (unpaired) electrons. The number of carbonyl (C=O) groups excluding carboxylic acids is 1. The first-order valence-corrected chi connectivity index (χ1v) is 8.21. The van der Waals surface area contributed by atoms with Gasteiger partial charge in [0.15, 0.2) is 0 Å². The second kappa shape index (κ2) is 7.77. The van der Waals surface area contributed by atoms with E-state index in [2.05, 4.69) is 26.6 Å². The Labute approximate surface area is 144 Å². The highest BCUT2D eigenvalue weighted by atomic mass is 79.9. The molecule has 5 heteroatoms. The van der Waals surface area contributed by atoms with Crippen LogP contribution in [0.2, 0.25) is 5.02 Å². The fraction of sp³-hybridized carbons (Fsp3) is 0.235. The van der Waals surface area contributed by atoms with Crippen molar-refractivity contribution in [3.63, 3.8) is 0 Å².